The Bertz CT molecular complexity index is 801. The smallest absolute Gasteiger partial charge is 0.335 e. The molecule has 1 aliphatic rings. The Kier molecular flexibility index (Phi) is 3.89. The molecule has 0 saturated heterocycles. The molecule has 0 saturated carbocycles. The number of aromatic carboxylic acids is 2. The van der Waals surface area contributed by atoms with E-state index in [0.717, 1.165) is 0 Å². The Hall–Kier alpha value is -3.02. The van der Waals surface area contributed by atoms with Crippen LogP contribution in [0, 0.1) is 0 Å². The van der Waals surface area contributed by atoms with Gasteiger partial charge >= 0.3 is 11.9 Å². The summed E-state index contributed by atoms with van der Waals surface area (Å²) in [5, 5.41) is 18.2. The summed E-state index contributed by atoms with van der Waals surface area (Å²) in [6, 6.07) is 6.01. The van der Waals surface area contributed by atoms with Crippen molar-refractivity contribution in [2.75, 3.05) is 0 Å². The van der Waals surface area contributed by atoms with E-state index in [4.69, 9.17) is 10.2 Å². The van der Waals surface area contributed by atoms with Gasteiger partial charge in [0.15, 0.2) is 0 Å². The summed E-state index contributed by atoms with van der Waals surface area (Å²) in [7, 11) is 0. The highest BCUT2D eigenvalue weighted by atomic mass is 16.4. The zero-order valence-corrected chi connectivity index (χ0v) is 12.1. The number of rotatable bonds is 4. The molecule has 6 heteroatoms. The average Bonchev–Trinajstić information content (AvgIpc) is 3.04. The van der Waals surface area contributed by atoms with Crippen LogP contribution in [0.1, 0.15) is 50.4 Å². The molecule has 0 spiro atoms. The second-order valence-corrected chi connectivity index (χ2v) is 5.35. The molecule has 0 amide bonds. The van der Waals surface area contributed by atoms with Crippen LogP contribution in [0.2, 0.25) is 0 Å². The maximum Gasteiger partial charge on any atom is 0.335 e. The van der Waals surface area contributed by atoms with Crippen LogP contribution in [0.25, 0.3) is 0 Å². The molecule has 2 unspecified atom stereocenters. The fraction of sp³-hybridized carbons (Fsp3) is 0.176. The van der Waals surface area contributed by atoms with Gasteiger partial charge in [0.25, 0.3) is 0 Å². The van der Waals surface area contributed by atoms with Gasteiger partial charge in [-0.1, -0.05) is 12.2 Å². The number of aromatic nitrogens is 2. The predicted octanol–water partition coefficient (Wildman–Crippen LogP) is 2.70. The fourth-order valence-corrected chi connectivity index (χ4v) is 2.81. The van der Waals surface area contributed by atoms with Gasteiger partial charge in [0.1, 0.15) is 0 Å². The summed E-state index contributed by atoms with van der Waals surface area (Å²) < 4.78 is 0. The lowest BCUT2D eigenvalue weighted by atomic mass is 9.88. The molecule has 1 aliphatic carbocycles. The molecule has 2 atom stereocenters. The van der Waals surface area contributed by atoms with Gasteiger partial charge in [0.05, 0.1) is 11.1 Å². The van der Waals surface area contributed by atoms with E-state index in [1.807, 2.05) is 12.2 Å². The fourth-order valence-electron chi connectivity index (χ4n) is 2.81. The minimum absolute atomic E-state index is 0.0501. The first-order valence-electron chi connectivity index (χ1n) is 7.11. The molecule has 2 aromatic rings. The predicted molar refractivity (Wildman–Crippen MR) is 81.6 cm³/mol. The van der Waals surface area contributed by atoms with Crippen LogP contribution in [0.3, 0.4) is 0 Å². The van der Waals surface area contributed by atoms with Gasteiger partial charge < -0.3 is 10.2 Å². The highest BCUT2D eigenvalue weighted by molar-refractivity contribution is 5.88. The van der Waals surface area contributed by atoms with Crippen molar-refractivity contribution in [2.45, 2.75) is 18.3 Å². The van der Waals surface area contributed by atoms with Crippen LogP contribution in [0.4, 0.5) is 0 Å². The van der Waals surface area contributed by atoms with E-state index in [-0.39, 0.29) is 23.0 Å². The van der Waals surface area contributed by atoms with Gasteiger partial charge in [-0.05, 0) is 30.7 Å². The first-order chi connectivity index (χ1) is 11.1. The molecular formula is C17H14N2O4. The quantitative estimate of drug-likeness (QED) is 0.842. The van der Waals surface area contributed by atoms with Crippen molar-refractivity contribution in [3.05, 3.63) is 71.3 Å². The number of carboxylic acid groups (broad SMARTS) is 2. The third-order valence-corrected chi connectivity index (χ3v) is 3.94. The summed E-state index contributed by atoms with van der Waals surface area (Å²) in [6.07, 6.45) is 7.62. The largest absolute Gasteiger partial charge is 0.478 e. The second-order valence-electron chi connectivity index (χ2n) is 5.35. The van der Waals surface area contributed by atoms with Crippen LogP contribution < -0.4 is 0 Å². The maximum absolute atomic E-state index is 11.1. The standard InChI is InChI=1S/C17H14N2O4/c20-16(21)10-4-6-18-14(8-10)12-2-1-3-13(12)15-9-11(17(22)23)5-7-19-15/h1-2,4-9,12-13H,3H2,(H,20,21)(H,22,23). The van der Waals surface area contributed by atoms with Crippen LogP contribution in [-0.4, -0.2) is 32.1 Å². The van der Waals surface area contributed by atoms with Crippen LogP contribution >= 0.6 is 0 Å². The molecule has 2 aromatic heterocycles. The lowest BCUT2D eigenvalue weighted by molar-refractivity contribution is 0.0685. The Morgan fingerprint density at radius 3 is 2.13 bits per heavy atom. The van der Waals surface area contributed by atoms with Gasteiger partial charge in [-0.15, -0.1) is 0 Å². The van der Waals surface area contributed by atoms with Crippen LogP contribution in [0.5, 0.6) is 0 Å². The molecule has 0 aliphatic heterocycles. The zero-order valence-electron chi connectivity index (χ0n) is 12.1. The molecule has 0 bridgehead atoms. The number of hydrogen-bond donors (Lipinski definition) is 2. The molecule has 23 heavy (non-hydrogen) atoms. The molecular weight excluding hydrogens is 296 g/mol. The molecule has 0 radical (unpaired) electrons. The van der Waals surface area contributed by atoms with Crippen molar-refractivity contribution < 1.29 is 19.8 Å². The highest BCUT2D eigenvalue weighted by Gasteiger charge is 2.29. The normalized spacial score (nSPS) is 19.7. The summed E-state index contributed by atoms with van der Waals surface area (Å²) in [4.78, 5) is 30.8. The number of pyridine rings is 2. The molecule has 0 fully saturated rings. The maximum atomic E-state index is 11.1. The number of hydrogen-bond acceptors (Lipinski definition) is 4. The van der Waals surface area contributed by atoms with Crippen molar-refractivity contribution in [1.82, 2.24) is 9.97 Å². The van der Waals surface area contributed by atoms with Gasteiger partial charge in [0.2, 0.25) is 0 Å². The lowest BCUT2D eigenvalue weighted by Gasteiger charge is -2.19. The van der Waals surface area contributed by atoms with Gasteiger partial charge in [-0.3, -0.25) is 9.97 Å². The number of carboxylic acids is 2. The summed E-state index contributed by atoms with van der Waals surface area (Å²) in [5.41, 5.74) is 1.68. The van der Waals surface area contributed by atoms with Gasteiger partial charge in [-0.25, -0.2) is 9.59 Å². The van der Waals surface area contributed by atoms with E-state index in [1.165, 1.54) is 24.5 Å². The zero-order chi connectivity index (χ0) is 16.4. The first kappa shape index (κ1) is 14.9. The summed E-state index contributed by atoms with van der Waals surface area (Å²) in [5.74, 6) is -2.17. The van der Waals surface area contributed by atoms with Crippen molar-refractivity contribution >= 4 is 11.9 Å². The topological polar surface area (TPSA) is 100 Å². The van der Waals surface area contributed by atoms with Crippen LogP contribution in [0.15, 0.2) is 48.8 Å². The first-order valence-corrected chi connectivity index (χ1v) is 7.11. The average molecular weight is 310 g/mol. The molecule has 2 N–H and O–H groups in total. The second kappa shape index (κ2) is 6.00. The lowest BCUT2D eigenvalue weighted by Crippen LogP contribution is -2.11. The van der Waals surface area contributed by atoms with E-state index < -0.39 is 11.9 Å². The number of nitrogens with zero attached hydrogens (tertiary/aromatic N) is 2. The molecule has 6 nitrogen and oxygen atoms in total. The highest BCUT2D eigenvalue weighted by Crippen LogP contribution is 2.40. The van der Waals surface area contributed by atoms with Crippen molar-refractivity contribution in [2.24, 2.45) is 0 Å². The van der Waals surface area contributed by atoms with Gasteiger partial charge in [-0.2, -0.15) is 0 Å². The molecule has 3 rings (SSSR count). The Labute approximate surface area is 132 Å². The van der Waals surface area contributed by atoms with E-state index in [0.29, 0.717) is 17.8 Å². The van der Waals surface area contributed by atoms with E-state index >= 15 is 0 Å². The van der Waals surface area contributed by atoms with Crippen molar-refractivity contribution in [3.8, 4) is 0 Å². The third kappa shape index (κ3) is 2.96. The Balaban J connectivity index is 1.95. The summed E-state index contributed by atoms with van der Waals surface area (Å²) >= 11 is 0. The minimum atomic E-state index is -1.00. The van der Waals surface area contributed by atoms with E-state index in [9.17, 15) is 9.59 Å². The minimum Gasteiger partial charge on any atom is -0.478 e. The Morgan fingerprint density at radius 2 is 1.52 bits per heavy atom. The molecule has 0 aromatic carbocycles. The molecule has 2 heterocycles. The number of allylic oxidation sites excluding steroid dienone is 2. The summed E-state index contributed by atoms with van der Waals surface area (Å²) in [6.45, 7) is 0. The Morgan fingerprint density at radius 1 is 0.957 bits per heavy atom. The van der Waals surface area contributed by atoms with Crippen LogP contribution in [-0.2, 0) is 0 Å². The van der Waals surface area contributed by atoms with E-state index in [1.54, 1.807) is 12.1 Å². The van der Waals surface area contributed by atoms with Gasteiger partial charge in [0, 0.05) is 35.6 Å². The molecule has 116 valence electrons. The van der Waals surface area contributed by atoms with Crippen molar-refractivity contribution in [1.29, 1.82) is 0 Å². The monoisotopic (exact) mass is 310 g/mol. The SMILES string of the molecule is O=C(O)c1ccnc(C2C=CCC2c2cc(C(=O)O)ccn2)c1. The van der Waals surface area contributed by atoms with E-state index in [2.05, 4.69) is 9.97 Å². The third-order valence-electron chi connectivity index (χ3n) is 3.94. The van der Waals surface area contributed by atoms with Crippen molar-refractivity contribution in [3.63, 3.8) is 0 Å². The number of carbonyl (C=O) groups is 2.